The Hall–Kier alpha value is -2.82. The second-order valence-corrected chi connectivity index (χ2v) is 12.3. The van der Waals surface area contributed by atoms with Gasteiger partial charge in [-0.15, -0.1) is 0 Å². The molecule has 4 heterocycles. The van der Waals surface area contributed by atoms with Crippen LogP contribution < -0.4 is 25.7 Å². The molecule has 2 amide bonds. The number of imidazole rings is 1. The minimum atomic E-state index is -5.28. The predicted molar refractivity (Wildman–Crippen MR) is 137 cm³/mol. The molecule has 3 N–H and O–H groups in total. The van der Waals surface area contributed by atoms with Gasteiger partial charge in [-0.3, -0.25) is 18.8 Å². The van der Waals surface area contributed by atoms with Crippen molar-refractivity contribution in [3.8, 4) is 0 Å². The van der Waals surface area contributed by atoms with Crippen LogP contribution in [-0.2, 0) is 32.2 Å². The number of urea groups is 1. The first-order valence-corrected chi connectivity index (χ1v) is 15.6. The van der Waals surface area contributed by atoms with E-state index in [4.69, 9.17) is 18.7 Å². The number of phosphoric ester groups is 1. The van der Waals surface area contributed by atoms with Crippen molar-refractivity contribution in [3.63, 3.8) is 0 Å². The number of carbonyl (C=O) groups excluding carboxylic acids is 1. The molecule has 2 fully saturated rings. The molecule has 1 aromatic carbocycles. The van der Waals surface area contributed by atoms with Crippen LogP contribution in [0.3, 0.4) is 0 Å². The minimum absolute atomic E-state index is 0.160. The molecule has 2 aliphatic rings. The molecular weight excluding hydrogens is 584 g/mol. The number of ether oxygens (including phenoxy) is 3. The van der Waals surface area contributed by atoms with Crippen LogP contribution in [0.2, 0.25) is 0 Å². The van der Waals surface area contributed by atoms with Crippen LogP contribution in [0.1, 0.15) is 25.0 Å². The maximum atomic E-state index is 12.3. The van der Waals surface area contributed by atoms with E-state index in [9.17, 15) is 23.7 Å². The first kappa shape index (κ1) is 29.7. The highest BCUT2D eigenvalue weighted by Gasteiger charge is 2.54. The first-order chi connectivity index (χ1) is 19.6. The van der Waals surface area contributed by atoms with Gasteiger partial charge in [0.25, 0.3) is 7.82 Å². The summed E-state index contributed by atoms with van der Waals surface area (Å²) >= 11 is 0. The second kappa shape index (κ2) is 12.2. The van der Waals surface area contributed by atoms with E-state index < -0.39 is 65.2 Å². The van der Waals surface area contributed by atoms with E-state index in [1.807, 2.05) is 18.2 Å². The lowest BCUT2D eigenvalue weighted by Gasteiger charge is -2.32. The molecule has 0 bridgehead atoms. The van der Waals surface area contributed by atoms with Crippen molar-refractivity contribution in [1.29, 1.82) is 0 Å². The van der Waals surface area contributed by atoms with Gasteiger partial charge in [0.2, 0.25) is 0 Å². The second-order valence-electron chi connectivity index (χ2n) is 8.99. The number of nitrogens with zero attached hydrogens (tertiary/aromatic N) is 4. The number of hydrogen-bond donors (Lipinski definition) is 3. The van der Waals surface area contributed by atoms with Gasteiger partial charge in [0.05, 0.1) is 19.2 Å². The Kier molecular flexibility index (Phi) is 8.82. The third kappa shape index (κ3) is 6.65. The molecular formula is C22H27N7O10P2-2. The summed E-state index contributed by atoms with van der Waals surface area (Å²) in [5.41, 5.74) is 1.27. The van der Waals surface area contributed by atoms with E-state index in [2.05, 4.69) is 35.2 Å². The molecule has 2 aliphatic heterocycles. The van der Waals surface area contributed by atoms with Crippen LogP contribution in [0.15, 0.2) is 43.0 Å². The van der Waals surface area contributed by atoms with Crippen molar-refractivity contribution in [3.05, 3.63) is 48.5 Å². The summed E-state index contributed by atoms with van der Waals surface area (Å²) in [5.74, 6) is 0.160. The van der Waals surface area contributed by atoms with E-state index >= 15 is 0 Å². The average Bonchev–Trinajstić information content (AvgIpc) is 3.62. The number of benzene rings is 1. The molecule has 5 rings (SSSR count). The number of hydrogen-bond acceptors (Lipinski definition) is 14. The Balaban J connectivity index is 1.40. The quantitative estimate of drug-likeness (QED) is 0.252. The van der Waals surface area contributed by atoms with Gasteiger partial charge < -0.3 is 43.7 Å². The van der Waals surface area contributed by atoms with Gasteiger partial charge in [-0.25, -0.2) is 19.7 Å². The van der Waals surface area contributed by atoms with E-state index in [1.54, 1.807) is 23.6 Å². The molecule has 3 aromatic rings. The van der Waals surface area contributed by atoms with Gasteiger partial charge in [-0.1, -0.05) is 30.3 Å². The summed E-state index contributed by atoms with van der Waals surface area (Å²) in [5, 5.41) is 7.53. The Morgan fingerprint density at radius 3 is 2.59 bits per heavy atom. The number of nitrogens with one attached hydrogen (secondary N) is 3. The highest BCUT2D eigenvalue weighted by molar-refractivity contribution is 7.62. The van der Waals surface area contributed by atoms with E-state index in [0.717, 1.165) is 0 Å². The normalized spacial score (nSPS) is 26.8. The molecule has 3 unspecified atom stereocenters. The van der Waals surface area contributed by atoms with Gasteiger partial charge in [0.1, 0.15) is 24.6 Å². The Morgan fingerprint density at radius 1 is 1.10 bits per heavy atom. The molecule has 222 valence electrons. The number of rotatable bonds is 11. The zero-order valence-electron chi connectivity index (χ0n) is 21.8. The summed E-state index contributed by atoms with van der Waals surface area (Å²) in [6, 6.07) is 8.59. The number of phosphoric acid groups is 1. The summed E-state index contributed by atoms with van der Waals surface area (Å²) in [7, 11) is -8.72. The lowest BCUT2D eigenvalue weighted by molar-refractivity contribution is -0.234. The topological polar surface area (TPSA) is 223 Å². The minimum Gasteiger partial charge on any atom is -0.777 e. The molecule has 41 heavy (non-hydrogen) atoms. The fourth-order valence-corrected chi connectivity index (χ4v) is 6.82. The largest absolute Gasteiger partial charge is 0.777 e. The monoisotopic (exact) mass is 611 g/mol. The number of aromatic nitrogens is 4. The van der Waals surface area contributed by atoms with Gasteiger partial charge >= 0.3 is 6.03 Å². The Bertz CT molecular complexity index is 1480. The number of carbonyl (C=O) groups is 1. The first-order valence-electron chi connectivity index (χ1n) is 12.5. The highest BCUT2D eigenvalue weighted by Crippen LogP contribution is 2.55. The van der Waals surface area contributed by atoms with Gasteiger partial charge in [0, 0.05) is 12.1 Å². The molecule has 2 saturated heterocycles. The predicted octanol–water partition coefficient (Wildman–Crippen LogP) is 0.580. The zero-order valence-corrected chi connectivity index (χ0v) is 23.6. The Labute approximate surface area is 233 Å². The highest BCUT2D eigenvalue weighted by atomic mass is 31.3. The van der Waals surface area contributed by atoms with Crippen molar-refractivity contribution >= 4 is 38.4 Å². The fraction of sp³-hybridized carbons (Fsp3) is 0.455. The molecule has 0 saturated carbocycles. The van der Waals surface area contributed by atoms with Gasteiger partial charge in [-0.05, 0) is 14.0 Å². The number of fused-ring (bicyclic) bond motifs is 2. The molecule has 2 aromatic heterocycles. The maximum Gasteiger partial charge on any atom is 0.320 e. The number of anilines is 1. The fourth-order valence-electron chi connectivity index (χ4n) is 4.47. The summed E-state index contributed by atoms with van der Waals surface area (Å²) in [4.78, 5) is 48.9. The van der Waals surface area contributed by atoms with E-state index in [1.165, 1.54) is 19.7 Å². The molecule has 0 spiro atoms. The standard InChI is InChI=1S/C22H29N7O10P2/c1-3-24-22(30)28-18-15-19(26-10-25-18)29(11-27-15)20-17-16(37-21(38-17)13-7-5-4-6-8-13)14(36-20)9-35-41(33,34)39-40(31,32)12-23-2/h4-8,10-11,14,16-17,20-21,23H,3,9,12H2,1-2H3,(H,31,32)(H,33,34)(H2,24,25,26,28,30)/p-2/t14-,16?,17+,20-,21+/m1/s1. The lowest BCUT2D eigenvalue weighted by Crippen LogP contribution is -2.32. The third-order valence-corrected chi connectivity index (χ3v) is 9.06. The Morgan fingerprint density at radius 2 is 1.85 bits per heavy atom. The van der Waals surface area contributed by atoms with Crippen LogP contribution in [0, 0.1) is 0 Å². The lowest BCUT2D eigenvalue weighted by atomic mass is 10.1. The van der Waals surface area contributed by atoms with Crippen LogP contribution >= 0.6 is 15.4 Å². The van der Waals surface area contributed by atoms with E-state index in [0.29, 0.717) is 17.8 Å². The average molecular weight is 611 g/mol. The van der Waals surface area contributed by atoms with Crippen molar-refractivity contribution in [1.82, 2.24) is 30.2 Å². The molecule has 0 aliphatic carbocycles. The van der Waals surface area contributed by atoms with Crippen molar-refractivity contribution < 1.29 is 46.8 Å². The van der Waals surface area contributed by atoms with Crippen molar-refractivity contribution in [2.24, 2.45) is 0 Å². The van der Waals surface area contributed by atoms with Crippen LogP contribution in [0.4, 0.5) is 10.6 Å². The SMILES string of the molecule is CCNC(=O)Nc1ncnc2c1ncn2[C@@H]1O[C@H](COP(=O)([O-])OP(=O)([O-])CNC)C2O[C@H](c3ccccc3)O[C@@H]21. The van der Waals surface area contributed by atoms with Crippen LogP contribution in [0.25, 0.3) is 11.2 Å². The maximum absolute atomic E-state index is 12.3. The van der Waals surface area contributed by atoms with Crippen molar-refractivity contribution in [2.45, 2.75) is 37.8 Å². The molecule has 7 atom stereocenters. The van der Waals surface area contributed by atoms with Crippen molar-refractivity contribution in [2.75, 3.05) is 31.8 Å². The summed E-state index contributed by atoms with van der Waals surface area (Å²) in [6.45, 7) is 1.54. The molecule has 17 nitrogen and oxygen atoms in total. The third-order valence-electron chi connectivity index (χ3n) is 6.09. The summed E-state index contributed by atoms with van der Waals surface area (Å²) < 4.78 is 53.3. The molecule has 19 heteroatoms. The molecule has 0 radical (unpaired) electrons. The van der Waals surface area contributed by atoms with Crippen LogP contribution in [0.5, 0.6) is 0 Å². The number of amides is 2. The van der Waals surface area contributed by atoms with Gasteiger partial charge in [-0.2, -0.15) is 0 Å². The summed E-state index contributed by atoms with van der Waals surface area (Å²) in [6.07, 6.45) is -2.46. The van der Waals surface area contributed by atoms with E-state index in [-0.39, 0.29) is 11.3 Å². The zero-order chi connectivity index (χ0) is 29.2. The van der Waals surface area contributed by atoms with Crippen LogP contribution in [-0.4, -0.2) is 70.3 Å². The smallest absolute Gasteiger partial charge is 0.320 e. The van der Waals surface area contributed by atoms with Gasteiger partial charge in [0.15, 0.2) is 37.1 Å².